The van der Waals surface area contributed by atoms with Crippen LogP contribution in [0.2, 0.25) is 0 Å². The third-order valence-corrected chi connectivity index (χ3v) is 5.52. The summed E-state index contributed by atoms with van der Waals surface area (Å²) in [5.41, 5.74) is 1.62. The Hall–Kier alpha value is -0.530. The van der Waals surface area contributed by atoms with Gasteiger partial charge in [0.05, 0.1) is 0 Å². The predicted octanol–water partition coefficient (Wildman–Crippen LogP) is 8.46. The van der Waals surface area contributed by atoms with Crippen LogP contribution in [0.3, 0.4) is 0 Å². The molecule has 27 heavy (non-hydrogen) atoms. The van der Waals surface area contributed by atoms with E-state index in [-0.39, 0.29) is 17.9 Å². The maximum Gasteiger partial charge on any atom is 0.0210 e. The second kappa shape index (κ2) is 17.6. The first kappa shape index (κ1) is 26.5. The van der Waals surface area contributed by atoms with Gasteiger partial charge in [-0.15, -0.1) is 12.4 Å². The minimum atomic E-state index is 0. The molecule has 0 aliphatic rings. The van der Waals surface area contributed by atoms with E-state index in [9.17, 15) is 0 Å². The van der Waals surface area contributed by atoms with E-state index < -0.39 is 0 Å². The molecule has 1 aromatic carbocycles. The highest BCUT2D eigenvalue weighted by molar-refractivity contribution is 5.85. The molecule has 1 rings (SSSR count). The van der Waals surface area contributed by atoms with E-state index in [0.717, 1.165) is 6.54 Å². The van der Waals surface area contributed by atoms with Gasteiger partial charge in [-0.25, -0.2) is 0 Å². The predicted molar refractivity (Wildman–Crippen MR) is 125 cm³/mol. The number of unbranched alkanes of at least 4 members (excludes halogenated alkanes) is 12. The quantitative estimate of drug-likeness (QED) is 0.261. The van der Waals surface area contributed by atoms with Gasteiger partial charge in [0.2, 0.25) is 0 Å². The molecule has 1 nitrogen and oxygen atoms in total. The van der Waals surface area contributed by atoms with Crippen molar-refractivity contribution >= 4 is 12.4 Å². The lowest BCUT2D eigenvalue weighted by molar-refractivity contribution is 0.344. The van der Waals surface area contributed by atoms with Crippen molar-refractivity contribution in [2.45, 2.75) is 123 Å². The molecule has 0 amide bonds. The van der Waals surface area contributed by atoms with Crippen molar-refractivity contribution in [3.05, 3.63) is 35.9 Å². The summed E-state index contributed by atoms with van der Waals surface area (Å²) in [6.07, 6.45) is 19.9. The van der Waals surface area contributed by atoms with E-state index in [1.54, 1.807) is 0 Å². The minimum Gasteiger partial charge on any atom is -0.308 e. The zero-order valence-electron chi connectivity index (χ0n) is 18.4. The average molecular weight is 396 g/mol. The van der Waals surface area contributed by atoms with Gasteiger partial charge in [-0.05, 0) is 25.8 Å². The van der Waals surface area contributed by atoms with Gasteiger partial charge in [0.15, 0.2) is 0 Å². The molecule has 0 heterocycles. The molecule has 0 spiro atoms. The van der Waals surface area contributed by atoms with Crippen molar-refractivity contribution in [2.75, 3.05) is 0 Å². The SMILES string of the molecule is CCCCCCCCCCCCCCCC(C)(C)NCc1ccccc1.Cl. The Morgan fingerprint density at radius 2 is 1.11 bits per heavy atom. The molecule has 0 saturated carbocycles. The van der Waals surface area contributed by atoms with Gasteiger partial charge >= 0.3 is 0 Å². The van der Waals surface area contributed by atoms with Crippen molar-refractivity contribution in [3.63, 3.8) is 0 Å². The first-order valence-electron chi connectivity index (χ1n) is 11.4. The molecule has 0 saturated heterocycles. The average Bonchev–Trinajstić information content (AvgIpc) is 2.65. The molecule has 0 radical (unpaired) electrons. The first-order valence-corrected chi connectivity index (χ1v) is 11.4. The molecular formula is C25H46ClN. The molecule has 0 unspecified atom stereocenters. The zero-order chi connectivity index (χ0) is 18.9. The lowest BCUT2D eigenvalue weighted by atomic mass is 9.95. The van der Waals surface area contributed by atoms with Crippen LogP contribution in [0.4, 0.5) is 0 Å². The number of nitrogens with one attached hydrogen (secondary N) is 1. The van der Waals surface area contributed by atoms with Gasteiger partial charge in [0.1, 0.15) is 0 Å². The molecule has 1 N–H and O–H groups in total. The highest BCUT2D eigenvalue weighted by Gasteiger charge is 2.15. The van der Waals surface area contributed by atoms with Crippen molar-refractivity contribution in [3.8, 4) is 0 Å². The number of rotatable bonds is 17. The monoisotopic (exact) mass is 395 g/mol. The van der Waals surface area contributed by atoms with Crippen LogP contribution in [-0.2, 0) is 6.54 Å². The Kier molecular flexibility index (Phi) is 17.2. The Morgan fingerprint density at radius 3 is 1.59 bits per heavy atom. The fourth-order valence-electron chi connectivity index (χ4n) is 3.61. The largest absolute Gasteiger partial charge is 0.308 e. The van der Waals surface area contributed by atoms with Crippen molar-refractivity contribution in [1.29, 1.82) is 0 Å². The van der Waals surface area contributed by atoms with Gasteiger partial charge in [-0.2, -0.15) is 0 Å². The summed E-state index contributed by atoms with van der Waals surface area (Å²) in [5, 5.41) is 3.72. The Bertz CT molecular complexity index is 416. The molecule has 0 atom stereocenters. The molecule has 1 aromatic rings. The second-order valence-corrected chi connectivity index (χ2v) is 8.72. The molecule has 2 heteroatoms. The van der Waals surface area contributed by atoms with Crippen LogP contribution in [0.1, 0.15) is 116 Å². The maximum absolute atomic E-state index is 3.72. The van der Waals surface area contributed by atoms with Gasteiger partial charge in [-0.1, -0.05) is 121 Å². The standard InChI is InChI=1S/C25H45N.ClH/c1-4-5-6-7-8-9-10-11-12-13-14-15-19-22-25(2,3)26-23-24-20-17-16-18-21-24;/h16-18,20-21,26H,4-15,19,22-23H2,1-3H3;1H. The lowest BCUT2D eigenvalue weighted by Gasteiger charge is -2.26. The van der Waals surface area contributed by atoms with Crippen molar-refractivity contribution in [1.82, 2.24) is 5.32 Å². The van der Waals surface area contributed by atoms with Crippen LogP contribution in [0.5, 0.6) is 0 Å². The molecule has 0 bridgehead atoms. The molecule has 0 fully saturated rings. The highest BCUT2D eigenvalue weighted by atomic mass is 35.5. The second-order valence-electron chi connectivity index (χ2n) is 8.72. The number of halogens is 1. The van der Waals surface area contributed by atoms with Crippen LogP contribution in [0, 0.1) is 0 Å². The highest BCUT2D eigenvalue weighted by Crippen LogP contribution is 2.17. The van der Waals surface area contributed by atoms with E-state index >= 15 is 0 Å². The fourth-order valence-corrected chi connectivity index (χ4v) is 3.61. The van der Waals surface area contributed by atoms with Gasteiger partial charge < -0.3 is 5.32 Å². The summed E-state index contributed by atoms with van der Waals surface area (Å²) in [7, 11) is 0. The van der Waals surface area contributed by atoms with Crippen LogP contribution in [-0.4, -0.2) is 5.54 Å². The van der Waals surface area contributed by atoms with E-state index in [4.69, 9.17) is 0 Å². The molecule has 0 aliphatic heterocycles. The molecule has 0 aromatic heterocycles. The van der Waals surface area contributed by atoms with Crippen molar-refractivity contribution in [2.24, 2.45) is 0 Å². The summed E-state index contributed by atoms with van der Waals surface area (Å²) in [4.78, 5) is 0. The molecular weight excluding hydrogens is 350 g/mol. The zero-order valence-corrected chi connectivity index (χ0v) is 19.2. The number of benzene rings is 1. The fraction of sp³-hybridized carbons (Fsp3) is 0.760. The topological polar surface area (TPSA) is 12.0 Å². The third-order valence-electron chi connectivity index (χ3n) is 5.52. The first-order chi connectivity index (χ1) is 12.6. The summed E-state index contributed by atoms with van der Waals surface area (Å²) < 4.78 is 0. The Balaban J connectivity index is 0.00000676. The Morgan fingerprint density at radius 1 is 0.667 bits per heavy atom. The third kappa shape index (κ3) is 16.2. The smallest absolute Gasteiger partial charge is 0.0210 e. The number of hydrogen-bond acceptors (Lipinski definition) is 1. The molecule has 0 aliphatic carbocycles. The summed E-state index contributed by atoms with van der Waals surface area (Å²) in [6, 6.07) is 10.7. The van der Waals surface area contributed by atoms with Crippen LogP contribution >= 0.6 is 12.4 Å². The maximum atomic E-state index is 3.72. The number of hydrogen-bond donors (Lipinski definition) is 1. The van der Waals surface area contributed by atoms with E-state index in [1.807, 2.05) is 0 Å². The van der Waals surface area contributed by atoms with Crippen LogP contribution < -0.4 is 5.32 Å². The summed E-state index contributed by atoms with van der Waals surface area (Å²) >= 11 is 0. The van der Waals surface area contributed by atoms with E-state index in [2.05, 4.69) is 56.4 Å². The van der Waals surface area contributed by atoms with Gasteiger partial charge in [0, 0.05) is 12.1 Å². The summed E-state index contributed by atoms with van der Waals surface area (Å²) in [5.74, 6) is 0. The molecule has 158 valence electrons. The summed E-state index contributed by atoms with van der Waals surface area (Å²) in [6.45, 7) is 7.96. The van der Waals surface area contributed by atoms with Gasteiger partial charge in [-0.3, -0.25) is 0 Å². The lowest BCUT2D eigenvalue weighted by Crippen LogP contribution is -2.38. The minimum absolute atomic E-state index is 0. The van der Waals surface area contributed by atoms with Crippen LogP contribution in [0.25, 0.3) is 0 Å². The van der Waals surface area contributed by atoms with Gasteiger partial charge in [0.25, 0.3) is 0 Å². The van der Waals surface area contributed by atoms with E-state index in [1.165, 1.54) is 95.5 Å². The van der Waals surface area contributed by atoms with Crippen molar-refractivity contribution < 1.29 is 0 Å². The van der Waals surface area contributed by atoms with Crippen LogP contribution in [0.15, 0.2) is 30.3 Å². The van der Waals surface area contributed by atoms with E-state index in [0.29, 0.717) is 0 Å². The Labute approximate surface area is 176 Å². The normalized spacial score (nSPS) is 11.4.